The Balaban J connectivity index is 1.77. The van der Waals surface area contributed by atoms with Gasteiger partial charge in [0.05, 0.1) is 5.69 Å². The van der Waals surface area contributed by atoms with Crippen molar-refractivity contribution in [3.05, 3.63) is 65.7 Å². The molecule has 2 aromatic rings. The lowest BCUT2D eigenvalue weighted by Crippen LogP contribution is -2.45. The number of rotatable bonds is 10. The Kier molecular flexibility index (Phi) is 8.44. The number of nitrogens with zero attached hydrogens (tertiary/aromatic N) is 1. The fourth-order valence-electron chi connectivity index (χ4n) is 4.69. The van der Waals surface area contributed by atoms with Crippen LogP contribution in [0.3, 0.4) is 0 Å². The highest BCUT2D eigenvalue weighted by molar-refractivity contribution is 5.89. The molecule has 1 N–H and O–H groups in total. The second-order valence-electron chi connectivity index (χ2n) is 8.74. The summed E-state index contributed by atoms with van der Waals surface area (Å²) in [6, 6.07) is 13.4. The zero-order valence-corrected chi connectivity index (χ0v) is 18.5. The normalized spacial score (nSPS) is 15.1. The summed E-state index contributed by atoms with van der Waals surface area (Å²) in [5.74, 6) is -1.41. The van der Waals surface area contributed by atoms with Crippen LogP contribution in [-0.4, -0.2) is 24.0 Å². The molecule has 0 spiro atoms. The lowest BCUT2D eigenvalue weighted by atomic mass is 9.78. The monoisotopic (exact) mass is 428 g/mol. The molecule has 5 heteroatoms. The lowest BCUT2D eigenvalue weighted by molar-refractivity contribution is 0.190. The number of urea groups is 1. The number of benzene rings is 2. The average Bonchev–Trinajstić information content (AvgIpc) is 3.25. The van der Waals surface area contributed by atoms with E-state index in [1.165, 1.54) is 24.5 Å². The zero-order valence-electron chi connectivity index (χ0n) is 18.5. The molecule has 1 aliphatic rings. The quantitative estimate of drug-likeness (QED) is 0.396. The summed E-state index contributed by atoms with van der Waals surface area (Å²) in [5, 5.41) is 2.68. The van der Waals surface area contributed by atoms with E-state index < -0.39 is 11.6 Å². The van der Waals surface area contributed by atoms with Crippen molar-refractivity contribution < 1.29 is 13.6 Å². The molecule has 0 saturated heterocycles. The van der Waals surface area contributed by atoms with Crippen molar-refractivity contribution in [3.63, 3.8) is 0 Å². The third-order valence-corrected chi connectivity index (χ3v) is 6.43. The molecular formula is C26H34F2N2O. The molecule has 31 heavy (non-hydrogen) atoms. The van der Waals surface area contributed by atoms with E-state index in [9.17, 15) is 13.6 Å². The van der Waals surface area contributed by atoms with Crippen LogP contribution in [0.5, 0.6) is 0 Å². The zero-order chi connectivity index (χ0) is 22.1. The minimum absolute atomic E-state index is 0.0163. The summed E-state index contributed by atoms with van der Waals surface area (Å²) in [7, 11) is 0. The molecule has 0 aromatic heterocycles. The van der Waals surface area contributed by atoms with Gasteiger partial charge in [0.1, 0.15) is 11.6 Å². The molecule has 0 bridgehead atoms. The van der Waals surface area contributed by atoms with E-state index in [1.54, 1.807) is 0 Å². The first-order valence-electron chi connectivity index (χ1n) is 11.6. The predicted molar refractivity (Wildman–Crippen MR) is 122 cm³/mol. The number of hydrogen-bond donors (Lipinski definition) is 1. The van der Waals surface area contributed by atoms with Crippen molar-refractivity contribution in [3.8, 4) is 0 Å². The molecule has 3 rings (SSSR count). The standard InChI is InChI=1S/C26H34F2N2O/c1-2-3-4-5-11-18-30(25(31)29-24-15-14-22(27)19-23(24)28)20-26(16-9-10-17-26)21-12-7-6-8-13-21/h6-8,12-15,19H,2-5,9-11,16-18,20H2,1H3,(H,29,31). The number of nitrogens with one attached hydrogen (secondary N) is 1. The van der Waals surface area contributed by atoms with E-state index in [2.05, 4.69) is 36.5 Å². The van der Waals surface area contributed by atoms with Gasteiger partial charge in [0.15, 0.2) is 0 Å². The highest BCUT2D eigenvalue weighted by Gasteiger charge is 2.38. The van der Waals surface area contributed by atoms with Crippen molar-refractivity contribution >= 4 is 11.7 Å². The third kappa shape index (κ3) is 6.28. The van der Waals surface area contributed by atoms with Crippen LogP contribution in [0, 0.1) is 11.6 Å². The number of amides is 2. The van der Waals surface area contributed by atoms with E-state index in [-0.39, 0.29) is 17.1 Å². The van der Waals surface area contributed by atoms with Crippen LogP contribution in [-0.2, 0) is 5.41 Å². The smallest absolute Gasteiger partial charge is 0.321 e. The van der Waals surface area contributed by atoms with Crippen molar-refractivity contribution in [1.82, 2.24) is 4.90 Å². The Morgan fingerprint density at radius 1 is 1.00 bits per heavy atom. The van der Waals surface area contributed by atoms with Gasteiger partial charge >= 0.3 is 6.03 Å². The van der Waals surface area contributed by atoms with Gasteiger partial charge in [-0.3, -0.25) is 0 Å². The molecule has 0 heterocycles. The maximum Gasteiger partial charge on any atom is 0.321 e. The Hall–Kier alpha value is -2.43. The van der Waals surface area contributed by atoms with Gasteiger partial charge in [0.25, 0.3) is 0 Å². The van der Waals surface area contributed by atoms with Gasteiger partial charge in [0.2, 0.25) is 0 Å². The van der Waals surface area contributed by atoms with Crippen LogP contribution in [0.1, 0.15) is 70.3 Å². The van der Waals surface area contributed by atoms with Gasteiger partial charge in [-0.05, 0) is 37.0 Å². The van der Waals surface area contributed by atoms with Gasteiger partial charge in [-0.15, -0.1) is 0 Å². The largest absolute Gasteiger partial charge is 0.324 e. The molecule has 0 aliphatic heterocycles. The van der Waals surface area contributed by atoms with Gasteiger partial charge < -0.3 is 10.2 Å². The molecule has 0 radical (unpaired) electrons. The lowest BCUT2D eigenvalue weighted by Gasteiger charge is -2.36. The molecule has 1 fully saturated rings. The summed E-state index contributed by atoms with van der Waals surface area (Å²) in [5.41, 5.74) is 1.22. The van der Waals surface area contributed by atoms with E-state index in [4.69, 9.17) is 0 Å². The van der Waals surface area contributed by atoms with Crippen LogP contribution in [0.15, 0.2) is 48.5 Å². The first-order chi connectivity index (χ1) is 15.0. The van der Waals surface area contributed by atoms with Crippen LogP contribution >= 0.6 is 0 Å². The molecule has 0 atom stereocenters. The molecule has 2 amide bonds. The van der Waals surface area contributed by atoms with Crippen molar-refractivity contribution in [2.24, 2.45) is 0 Å². The van der Waals surface area contributed by atoms with Crippen LogP contribution in [0.4, 0.5) is 19.3 Å². The molecule has 3 nitrogen and oxygen atoms in total. The molecule has 0 unspecified atom stereocenters. The minimum atomic E-state index is -0.755. The van der Waals surface area contributed by atoms with Crippen molar-refractivity contribution in [2.45, 2.75) is 70.1 Å². The molecule has 1 saturated carbocycles. The summed E-state index contributed by atoms with van der Waals surface area (Å²) < 4.78 is 27.4. The molecule has 2 aromatic carbocycles. The maximum atomic E-state index is 14.1. The van der Waals surface area contributed by atoms with Gasteiger partial charge in [-0.1, -0.05) is 75.8 Å². The molecular weight excluding hydrogens is 394 g/mol. The highest BCUT2D eigenvalue weighted by atomic mass is 19.1. The van der Waals surface area contributed by atoms with E-state index in [0.29, 0.717) is 13.1 Å². The Morgan fingerprint density at radius 2 is 1.71 bits per heavy atom. The molecule has 1 aliphatic carbocycles. The van der Waals surface area contributed by atoms with Gasteiger partial charge in [-0.25, -0.2) is 13.6 Å². The van der Waals surface area contributed by atoms with Crippen LogP contribution in [0.2, 0.25) is 0 Å². The number of hydrogen-bond acceptors (Lipinski definition) is 1. The van der Waals surface area contributed by atoms with Gasteiger partial charge in [0, 0.05) is 24.6 Å². The second-order valence-corrected chi connectivity index (χ2v) is 8.74. The fraction of sp³-hybridized carbons (Fsp3) is 0.500. The first-order valence-corrected chi connectivity index (χ1v) is 11.6. The Morgan fingerprint density at radius 3 is 2.39 bits per heavy atom. The third-order valence-electron chi connectivity index (χ3n) is 6.43. The van der Waals surface area contributed by atoms with E-state index in [1.807, 2.05) is 11.0 Å². The fourth-order valence-corrected chi connectivity index (χ4v) is 4.69. The Bertz CT molecular complexity index is 835. The topological polar surface area (TPSA) is 32.3 Å². The number of carbonyl (C=O) groups excluding carboxylic acids is 1. The van der Waals surface area contributed by atoms with Crippen LogP contribution < -0.4 is 5.32 Å². The average molecular weight is 429 g/mol. The molecule has 168 valence electrons. The summed E-state index contributed by atoms with van der Waals surface area (Å²) in [6.07, 6.45) is 9.89. The number of anilines is 1. The van der Waals surface area contributed by atoms with Crippen molar-refractivity contribution in [1.29, 1.82) is 0 Å². The maximum absolute atomic E-state index is 14.1. The van der Waals surface area contributed by atoms with Crippen LogP contribution in [0.25, 0.3) is 0 Å². The SMILES string of the molecule is CCCCCCCN(CC1(c2ccccc2)CCCC1)C(=O)Nc1ccc(F)cc1F. The summed E-state index contributed by atoms with van der Waals surface area (Å²) in [4.78, 5) is 15.0. The highest BCUT2D eigenvalue weighted by Crippen LogP contribution is 2.42. The number of carbonyl (C=O) groups is 1. The summed E-state index contributed by atoms with van der Waals surface area (Å²) >= 11 is 0. The predicted octanol–water partition coefficient (Wildman–Crippen LogP) is 7.28. The number of halogens is 2. The van der Waals surface area contributed by atoms with E-state index in [0.717, 1.165) is 57.1 Å². The van der Waals surface area contributed by atoms with Gasteiger partial charge in [-0.2, -0.15) is 0 Å². The number of unbranched alkanes of at least 4 members (excludes halogenated alkanes) is 4. The minimum Gasteiger partial charge on any atom is -0.324 e. The second kappa shape index (κ2) is 11.3. The van der Waals surface area contributed by atoms with E-state index >= 15 is 0 Å². The Labute approximate surface area is 184 Å². The summed E-state index contributed by atoms with van der Waals surface area (Å²) in [6.45, 7) is 3.42. The first kappa shape index (κ1) is 23.2. The van der Waals surface area contributed by atoms with Crippen molar-refractivity contribution in [2.75, 3.05) is 18.4 Å².